The molecule has 51 heavy (non-hydrogen) atoms. The fourth-order valence-corrected chi connectivity index (χ4v) is 7.19. The van der Waals surface area contributed by atoms with Gasteiger partial charge in [0.25, 0.3) is 11.5 Å². The zero-order chi connectivity index (χ0) is 36.2. The third-order valence-electron chi connectivity index (χ3n) is 9.59. The van der Waals surface area contributed by atoms with Crippen LogP contribution in [0, 0.1) is 12.8 Å². The molecule has 0 spiro atoms. The molecule has 3 aromatic heterocycles. The monoisotopic (exact) mass is 727 g/mol. The molecule has 2 saturated heterocycles. The zero-order valence-corrected chi connectivity index (χ0v) is 28.3. The van der Waals surface area contributed by atoms with Crippen LogP contribution in [0.25, 0.3) is 11.4 Å². The Balaban J connectivity index is 1.21. The Hall–Kier alpha value is -5.03. The minimum Gasteiger partial charge on any atom is -0.504 e. The Labute approximate surface area is 293 Å². The number of carbonyl (C=O) groups excluding carboxylic acids is 2. The molecule has 4 aromatic rings. The summed E-state index contributed by atoms with van der Waals surface area (Å²) in [5, 5.41) is 17.3. The van der Waals surface area contributed by atoms with Gasteiger partial charge in [0.15, 0.2) is 17.3 Å². The van der Waals surface area contributed by atoms with Gasteiger partial charge in [0.2, 0.25) is 11.7 Å². The number of ether oxygens (including phenoxy) is 1. The first kappa shape index (κ1) is 34.4. The number of alkyl halides is 3. The maximum atomic E-state index is 14.3. The molecular weight excluding hydrogens is 695 g/mol. The van der Waals surface area contributed by atoms with E-state index >= 15 is 0 Å². The van der Waals surface area contributed by atoms with E-state index in [9.17, 15) is 32.7 Å². The topological polar surface area (TPSA) is 160 Å². The number of carbonyl (C=O) groups is 2. The number of benzene rings is 1. The summed E-state index contributed by atoms with van der Waals surface area (Å²) in [6.07, 6.45) is -0.135. The van der Waals surface area contributed by atoms with Crippen molar-refractivity contribution in [1.29, 1.82) is 0 Å². The molecule has 0 saturated carbocycles. The van der Waals surface area contributed by atoms with Crippen molar-refractivity contribution in [3.8, 4) is 5.75 Å². The molecule has 18 heteroatoms. The molecule has 3 aliphatic heterocycles. The second-order valence-corrected chi connectivity index (χ2v) is 13.1. The van der Waals surface area contributed by atoms with Crippen molar-refractivity contribution in [3.05, 3.63) is 74.4 Å². The van der Waals surface area contributed by atoms with Crippen LogP contribution in [0.5, 0.6) is 5.75 Å². The predicted octanol–water partition coefficient (Wildman–Crippen LogP) is 3.72. The average molecular weight is 728 g/mol. The molecule has 1 aromatic carbocycles. The fourth-order valence-electron chi connectivity index (χ4n) is 6.97. The largest absolute Gasteiger partial charge is 0.504 e. The van der Waals surface area contributed by atoms with Crippen LogP contribution in [0.15, 0.2) is 35.4 Å². The van der Waals surface area contributed by atoms with Gasteiger partial charge in [-0.1, -0.05) is 24.6 Å². The van der Waals surface area contributed by atoms with Crippen LogP contribution in [0.1, 0.15) is 53.0 Å². The number of likely N-dealkylation sites (tertiary alicyclic amines) is 1. The van der Waals surface area contributed by atoms with Gasteiger partial charge >= 0.3 is 6.18 Å². The van der Waals surface area contributed by atoms with E-state index in [-0.39, 0.29) is 46.4 Å². The minimum atomic E-state index is -4.60. The van der Waals surface area contributed by atoms with Crippen molar-refractivity contribution in [1.82, 2.24) is 34.0 Å². The van der Waals surface area contributed by atoms with Crippen molar-refractivity contribution in [3.63, 3.8) is 0 Å². The minimum absolute atomic E-state index is 0.00291. The molecule has 2 atom stereocenters. The number of nitrogens with zero attached hydrogens (tertiary/aromatic N) is 8. The molecule has 2 N–H and O–H groups in total. The Kier molecular flexibility index (Phi) is 8.95. The summed E-state index contributed by atoms with van der Waals surface area (Å²) in [5.41, 5.74) is 0.559. The lowest BCUT2D eigenvalue weighted by molar-refractivity contribution is -0.137. The molecule has 2 fully saturated rings. The maximum Gasteiger partial charge on any atom is 0.416 e. The molecule has 6 heterocycles. The molecule has 2 unspecified atom stereocenters. The lowest BCUT2D eigenvalue weighted by Gasteiger charge is -2.54. The third-order valence-corrected chi connectivity index (χ3v) is 9.90. The van der Waals surface area contributed by atoms with E-state index in [2.05, 4.69) is 25.4 Å². The third kappa shape index (κ3) is 6.28. The smallest absolute Gasteiger partial charge is 0.416 e. The number of aryl methyl sites for hydroxylation is 1. The van der Waals surface area contributed by atoms with Gasteiger partial charge in [0, 0.05) is 31.6 Å². The summed E-state index contributed by atoms with van der Waals surface area (Å²) in [4.78, 5) is 57.3. The maximum absolute atomic E-state index is 14.3. The summed E-state index contributed by atoms with van der Waals surface area (Å²) in [7, 11) is 0. The van der Waals surface area contributed by atoms with E-state index in [1.165, 1.54) is 10.8 Å². The second-order valence-electron chi connectivity index (χ2n) is 12.7. The molecule has 0 radical (unpaired) electrons. The Morgan fingerprint density at radius 2 is 2.00 bits per heavy atom. The Morgan fingerprint density at radius 1 is 1.20 bits per heavy atom. The van der Waals surface area contributed by atoms with Gasteiger partial charge in [-0.2, -0.15) is 22.7 Å². The second kappa shape index (κ2) is 13.3. The number of fused-ring (bicyclic) bond motifs is 2. The Morgan fingerprint density at radius 3 is 2.69 bits per heavy atom. The highest BCUT2D eigenvalue weighted by molar-refractivity contribution is 6.33. The van der Waals surface area contributed by atoms with Crippen LogP contribution < -0.4 is 15.8 Å². The number of aromatic nitrogens is 6. The summed E-state index contributed by atoms with van der Waals surface area (Å²) >= 11 is 6.13. The van der Waals surface area contributed by atoms with Crippen LogP contribution >= 0.6 is 11.6 Å². The SMILES string of the molecule is CCc1c(N2CC3CN(C(=O)c4ncnc(C)c4O)CCC32)c(=O)n2nc(C3=CCOCC3)nc2n1CC(=O)Nc1ccc(C(F)(F)F)cc1Cl. The van der Waals surface area contributed by atoms with Crippen LogP contribution in [-0.2, 0) is 28.7 Å². The predicted molar refractivity (Wildman–Crippen MR) is 179 cm³/mol. The molecule has 3 aliphatic rings. The highest BCUT2D eigenvalue weighted by Crippen LogP contribution is 2.38. The van der Waals surface area contributed by atoms with Crippen molar-refractivity contribution < 1.29 is 32.6 Å². The molecule has 14 nitrogen and oxygen atoms in total. The summed E-state index contributed by atoms with van der Waals surface area (Å²) in [6, 6.07) is 2.57. The average Bonchev–Trinajstić information content (AvgIpc) is 3.55. The van der Waals surface area contributed by atoms with Gasteiger partial charge in [-0.15, -0.1) is 5.10 Å². The standard InChI is InChI=1S/C33H33ClF3N9O5/c1-3-23-27(44-14-19-13-43(9-6-24(19)44)30(49)26-28(48)17(2)38-16-39-26)31(50)46-32(41-29(42-46)18-7-10-51-11-8-18)45(23)15-25(47)40-22-5-4-20(12-21(22)34)33(35,36)37/h4-5,7,12,16,19,24,48H,3,6,8-11,13-15H2,1-2H3,(H,40,47). The van der Waals surface area contributed by atoms with Crippen LogP contribution in [0.3, 0.4) is 0 Å². The first-order valence-electron chi connectivity index (χ1n) is 16.4. The molecule has 268 valence electrons. The van der Waals surface area contributed by atoms with Crippen LogP contribution in [0.2, 0.25) is 5.02 Å². The number of hydrogen-bond donors (Lipinski definition) is 2. The number of nitrogens with one attached hydrogen (secondary N) is 1. The van der Waals surface area contributed by atoms with Crippen molar-refractivity contribution in [2.45, 2.75) is 51.9 Å². The first-order valence-corrected chi connectivity index (χ1v) is 16.8. The number of piperidine rings is 1. The lowest BCUT2D eigenvalue weighted by atomic mass is 9.81. The number of hydrogen-bond acceptors (Lipinski definition) is 10. The van der Waals surface area contributed by atoms with E-state index in [0.717, 1.165) is 23.8 Å². The number of amides is 2. The number of aromatic hydroxyl groups is 1. The van der Waals surface area contributed by atoms with Gasteiger partial charge in [0.05, 0.1) is 40.9 Å². The first-order chi connectivity index (χ1) is 24.3. The quantitative estimate of drug-likeness (QED) is 0.287. The van der Waals surface area contributed by atoms with Gasteiger partial charge in [-0.3, -0.25) is 14.4 Å². The normalized spacial score (nSPS) is 19.1. The summed E-state index contributed by atoms with van der Waals surface area (Å²) in [6.45, 7) is 5.10. The van der Waals surface area contributed by atoms with Gasteiger partial charge in [-0.25, -0.2) is 9.97 Å². The molecule has 0 bridgehead atoms. The number of anilines is 2. The van der Waals surface area contributed by atoms with E-state index < -0.39 is 29.1 Å². The lowest BCUT2D eigenvalue weighted by Crippen LogP contribution is -2.65. The van der Waals surface area contributed by atoms with E-state index in [4.69, 9.17) is 16.3 Å². The molecule has 2 amide bonds. The van der Waals surface area contributed by atoms with Gasteiger partial charge < -0.3 is 29.5 Å². The number of halogens is 4. The zero-order valence-electron chi connectivity index (χ0n) is 27.6. The fraction of sp³-hybridized carbons (Fsp3) is 0.424. The van der Waals surface area contributed by atoms with Crippen molar-refractivity contribution in [2.75, 3.05) is 43.1 Å². The van der Waals surface area contributed by atoms with E-state index in [1.54, 1.807) is 16.4 Å². The van der Waals surface area contributed by atoms with Crippen molar-refractivity contribution >= 4 is 46.1 Å². The van der Waals surface area contributed by atoms with E-state index in [1.807, 2.05) is 17.9 Å². The molecule has 7 rings (SSSR count). The van der Waals surface area contributed by atoms with Gasteiger partial charge in [0.1, 0.15) is 18.6 Å². The van der Waals surface area contributed by atoms with Gasteiger partial charge in [-0.05, 0) is 50.0 Å². The van der Waals surface area contributed by atoms with Crippen LogP contribution in [-0.4, -0.2) is 89.8 Å². The Bertz CT molecular complexity index is 2150. The highest BCUT2D eigenvalue weighted by Gasteiger charge is 2.46. The highest BCUT2D eigenvalue weighted by atomic mass is 35.5. The van der Waals surface area contributed by atoms with Crippen LogP contribution in [0.4, 0.5) is 24.5 Å². The van der Waals surface area contributed by atoms with Crippen molar-refractivity contribution in [2.24, 2.45) is 5.92 Å². The van der Waals surface area contributed by atoms with E-state index in [0.29, 0.717) is 75.0 Å². The summed E-state index contributed by atoms with van der Waals surface area (Å²) in [5.74, 6) is -0.779. The molecular formula is C33H33ClF3N9O5. The summed E-state index contributed by atoms with van der Waals surface area (Å²) < 4.78 is 47.8. The molecule has 0 aliphatic carbocycles. The number of rotatable bonds is 7.